The second-order valence-corrected chi connectivity index (χ2v) is 8.54. The first-order chi connectivity index (χ1) is 16.0. The molecule has 2 aromatic heterocycles. The number of aromatic nitrogens is 4. The van der Waals surface area contributed by atoms with Crippen molar-refractivity contribution < 1.29 is 14.3 Å². The number of anilines is 1. The van der Waals surface area contributed by atoms with Crippen LogP contribution < -0.4 is 9.64 Å². The second kappa shape index (κ2) is 8.31. The number of nitrogens with zero attached hydrogens (tertiary/aromatic N) is 5. The van der Waals surface area contributed by atoms with Gasteiger partial charge in [-0.2, -0.15) is 5.10 Å². The van der Waals surface area contributed by atoms with Crippen molar-refractivity contribution in [3.8, 4) is 5.75 Å². The SMILES string of the molecule is COc1ccc(CN2C(=O)Cc3c(C)nc([C@H]4CCCN4C(=O)c4cn[nH]c4C)nc32)cc1. The maximum atomic E-state index is 13.2. The number of benzene rings is 1. The van der Waals surface area contributed by atoms with Crippen molar-refractivity contribution in [3.63, 3.8) is 0 Å². The number of aryl methyl sites for hydroxylation is 2. The minimum absolute atomic E-state index is 0.00347. The summed E-state index contributed by atoms with van der Waals surface area (Å²) in [4.78, 5) is 39.2. The lowest BCUT2D eigenvalue weighted by molar-refractivity contribution is -0.117. The average molecular weight is 447 g/mol. The summed E-state index contributed by atoms with van der Waals surface area (Å²) in [5.41, 5.74) is 3.95. The second-order valence-electron chi connectivity index (χ2n) is 8.54. The van der Waals surface area contributed by atoms with Gasteiger partial charge < -0.3 is 9.64 Å². The number of carbonyl (C=O) groups excluding carboxylic acids is 2. The minimum Gasteiger partial charge on any atom is -0.497 e. The first-order valence-corrected chi connectivity index (χ1v) is 11.1. The Morgan fingerprint density at radius 3 is 2.70 bits per heavy atom. The number of ether oxygens (including phenoxy) is 1. The molecule has 5 rings (SSSR count). The molecule has 2 aliphatic rings. The number of nitrogens with one attached hydrogen (secondary N) is 1. The molecular formula is C24H26N6O3. The molecule has 1 N–H and O–H groups in total. The molecule has 1 saturated heterocycles. The van der Waals surface area contributed by atoms with Crippen molar-refractivity contribution in [2.24, 2.45) is 0 Å². The number of aromatic amines is 1. The molecule has 33 heavy (non-hydrogen) atoms. The molecule has 0 bridgehead atoms. The Morgan fingerprint density at radius 1 is 1.21 bits per heavy atom. The third kappa shape index (κ3) is 3.73. The zero-order chi connectivity index (χ0) is 23.1. The fourth-order valence-electron chi connectivity index (χ4n) is 4.62. The van der Waals surface area contributed by atoms with E-state index in [0.29, 0.717) is 36.7 Å². The van der Waals surface area contributed by atoms with Crippen LogP contribution in [-0.4, -0.2) is 50.5 Å². The molecule has 2 amide bonds. The third-order valence-corrected chi connectivity index (χ3v) is 6.47. The van der Waals surface area contributed by atoms with E-state index >= 15 is 0 Å². The van der Waals surface area contributed by atoms with Crippen LogP contribution in [0.3, 0.4) is 0 Å². The van der Waals surface area contributed by atoms with E-state index in [-0.39, 0.29) is 17.9 Å². The van der Waals surface area contributed by atoms with Gasteiger partial charge in [-0.25, -0.2) is 9.97 Å². The van der Waals surface area contributed by atoms with Crippen molar-refractivity contribution in [3.05, 3.63) is 64.4 Å². The first-order valence-electron chi connectivity index (χ1n) is 11.1. The van der Waals surface area contributed by atoms with Gasteiger partial charge in [-0.05, 0) is 44.4 Å². The number of H-pyrrole nitrogens is 1. The largest absolute Gasteiger partial charge is 0.497 e. The molecule has 2 aliphatic heterocycles. The van der Waals surface area contributed by atoms with Crippen LogP contribution in [0.1, 0.15) is 57.6 Å². The monoisotopic (exact) mass is 446 g/mol. The summed E-state index contributed by atoms with van der Waals surface area (Å²) in [6, 6.07) is 7.43. The zero-order valence-corrected chi connectivity index (χ0v) is 19.0. The summed E-state index contributed by atoms with van der Waals surface area (Å²) in [6.07, 6.45) is 3.52. The Kier molecular flexibility index (Phi) is 5.32. The standard InChI is InChI=1S/C24H26N6O3/c1-14-18-11-21(31)30(13-16-6-8-17(33-3)9-7-16)23(18)27-22(26-14)20-5-4-10-29(20)24(32)19-12-25-28-15(19)2/h6-9,12,20H,4-5,10-11,13H2,1-3H3,(H,25,28)/t20-/m1/s1. The van der Waals surface area contributed by atoms with Gasteiger partial charge >= 0.3 is 0 Å². The molecule has 3 aromatic rings. The quantitative estimate of drug-likeness (QED) is 0.646. The summed E-state index contributed by atoms with van der Waals surface area (Å²) < 4.78 is 5.23. The number of hydrogen-bond acceptors (Lipinski definition) is 6. The number of rotatable bonds is 5. The molecule has 9 heteroatoms. The number of amides is 2. The highest BCUT2D eigenvalue weighted by molar-refractivity contribution is 6.00. The summed E-state index contributed by atoms with van der Waals surface area (Å²) in [6.45, 7) is 4.81. The van der Waals surface area contributed by atoms with Crippen LogP contribution in [0.5, 0.6) is 5.75 Å². The van der Waals surface area contributed by atoms with Gasteiger partial charge in [0, 0.05) is 23.5 Å². The number of likely N-dealkylation sites (tertiary alicyclic amines) is 1. The van der Waals surface area contributed by atoms with Gasteiger partial charge in [0.1, 0.15) is 11.6 Å². The van der Waals surface area contributed by atoms with Crippen LogP contribution in [0.15, 0.2) is 30.5 Å². The van der Waals surface area contributed by atoms with Crippen molar-refractivity contribution in [2.45, 2.75) is 45.7 Å². The molecule has 170 valence electrons. The Labute approximate surface area is 191 Å². The molecule has 0 saturated carbocycles. The Bertz CT molecular complexity index is 1220. The molecule has 1 atom stereocenters. The van der Waals surface area contributed by atoms with Crippen molar-refractivity contribution in [1.82, 2.24) is 25.1 Å². The van der Waals surface area contributed by atoms with E-state index in [2.05, 4.69) is 10.2 Å². The molecular weight excluding hydrogens is 420 g/mol. The van der Waals surface area contributed by atoms with Crippen LogP contribution in [-0.2, 0) is 17.8 Å². The van der Waals surface area contributed by atoms with Crippen LogP contribution in [0.25, 0.3) is 0 Å². The topological polar surface area (TPSA) is 104 Å². The zero-order valence-electron chi connectivity index (χ0n) is 19.0. The fourth-order valence-corrected chi connectivity index (χ4v) is 4.62. The first kappa shape index (κ1) is 21.1. The van der Waals surface area contributed by atoms with E-state index in [0.717, 1.165) is 41.1 Å². The number of fused-ring (bicyclic) bond motifs is 1. The van der Waals surface area contributed by atoms with Crippen molar-refractivity contribution in [1.29, 1.82) is 0 Å². The molecule has 0 spiro atoms. The predicted octanol–water partition coefficient (Wildman–Crippen LogP) is 2.89. The van der Waals surface area contributed by atoms with E-state index < -0.39 is 0 Å². The minimum atomic E-state index is -0.227. The van der Waals surface area contributed by atoms with E-state index in [1.54, 1.807) is 18.2 Å². The number of hydrogen-bond donors (Lipinski definition) is 1. The molecule has 9 nitrogen and oxygen atoms in total. The van der Waals surface area contributed by atoms with E-state index in [1.807, 2.05) is 43.0 Å². The smallest absolute Gasteiger partial charge is 0.257 e. The van der Waals surface area contributed by atoms with E-state index in [1.165, 1.54) is 0 Å². The van der Waals surface area contributed by atoms with Gasteiger partial charge in [-0.15, -0.1) is 0 Å². The Morgan fingerprint density at radius 2 is 2.00 bits per heavy atom. The lowest BCUT2D eigenvalue weighted by Crippen LogP contribution is -2.32. The highest BCUT2D eigenvalue weighted by Crippen LogP contribution is 2.36. The predicted molar refractivity (Wildman–Crippen MR) is 121 cm³/mol. The normalized spacial score (nSPS) is 17.5. The van der Waals surface area contributed by atoms with Gasteiger partial charge in [0.25, 0.3) is 5.91 Å². The Balaban J connectivity index is 1.46. The van der Waals surface area contributed by atoms with Crippen LogP contribution in [0.2, 0.25) is 0 Å². The molecule has 1 aromatic carbocycles. The molecule has 0 unspecified atom stereocenters. The summed E-state index contributed by atoms with van der Waals surface area (Å²) in [5, 5.41) is 6.82. The van der Waals surface area contributed by atoms with E-state index in [4.69, 9.17) is 14.7 Å². The van der Waals surface area contributed by atoms with Crippen molar-refractivity contribution in [2.75, 3.05) is 18.6 Å². The number of methoxy groups -OCH3 is 1. The van der Waals surface area contributed by atoms with Gasteiger partial charge in [-0.1, -0.05) is 12.1 Å². The van der Waals surface area contributed by atoms with Crippen LogP contribution >= 0.6 is 0 Å². The molecule has 0 aliphatic carbocycles. The van der Waals surface area contributed by atoms with Gasteiger partial charge in [0.05, 0.1) is 37.9 Å². The van der Waals surface area contributed by atoms with Crippen molar-refractivity contribution >= 4 is 17.6 Å². The van der Waals surface area contributed by atoms with Gasteiger partial charge in [0.15, 0.2) is 5.82 Å². The van der Waals surface area contributed by atoms with Crippen LogP contribution in [0.4, 0.5) is 5.82 Å². The molecule has 4 heterocycles. The maximum absolute atomic E-state index is 13.2. The summed E-state index contributed by atoms with van der Waals surface area (Å²) >= 11 is 0. The fraction of sp³-hybridized carbons (Fsp3) is 0.375. The lowest BCUT2D eigenvalue weighted by atomic mass is 10.1. The Hall–Kier alpha value is -3.75. The van der Waals surface area contributed by atoms with Gasteiger partial charge in [0.2, 0.25) is 5.91 Å². The summed E-state index contributed by atoms with van der Waals surface area (Å²) in [5.74, 6) is 1.94. The lowest BCUT2D eigenvalue weighted by Gasteiger charge is -2.25. The number of carbonyl (C=O) groups is 2. The summed E-state index contributed by atoms with van der Waals surface area (Å²) in [7, 11) is 1.63. The average Bonchev–Trinajstić information content (AvgIpc) is 3.54. The highest BCUT2D eigenvalue weighted by Gasteiger charge is 2.37. The van der Waals surface area contributed by atoms with Gasteiger partial charge in [-0.3, -0.25) is 19.6 Å². The molecule has 1 fully saturated rings. The highest BCUT2D eigenvalue weighted by atomic mass is 16.5. The maximum Gasteiger partial charge on any atom is 0.257 e. The third-order valence-electron chi connectivity index (χ3n) is 6.47. The van der Waals surface area contributed by atoms with E-state index in [9.17, 15) is 9.59 Å². The van der Waals surface area contributed by atoms with Crippen LogP contribution in [0, 0.1) is 13.8 Å². The molecule has 0 radical (unpaired) electrons.